The van der Waals surface area contributed by atoms with E-state index in [1.807, 2.05) is 39.0 Å². The number of benzene rings is 1. The van der Waals surface area contributed by atoms with Gasteiger partial charge in [0.15, 0.2) is 5.76 Å². The van der Waals surface area contributed by atoms with Crippen LogP contribution in [0.25, 0.3) is 22.6 Å². The lowest BCUT2D eigenvalue weighted by Gasteiger charge is -2.01. The maximum Gasteiger partial charge on any atom is 0.316 e. The standard InChI is InChI=1S/C18H21N3O4/c1-4-23-10-6-9-19-17(22)18-20-16(21-25-18)15-12(3)13-8-5-7-11(2)14(13)24-15/h5,7-8H,4,6,9-10H2,1-3H3,(H,19,22). The Kier molecular flexibility index (Phi) is 5.14. The minimum Gasteiger partial charge on any atom is -0.452 e. The Hall–Kier alpha value is -2.67. The van der Waals surface area contributed by atoms with Crippen LogP contribution in [0.5, 0.6) is 0 Å². The maximum atomic E-state index is 12.1. The molecule has 7 nitrogen and oxygen atoms in total. The fourth-order valence-corrected chi connectivity index (χ4v) is 2.60. The van der Waals surface area contributed by atoms with Gasteiger partial charge in [0.25, 0.3) is 0 Å². The molecule has 0 saturated heterocycles. The topological polar surface area (TPSA) is 90.4 Å². The number of para-hydroxylation sites is 1. The predicted molar refractivity (Wildman–Crippen MR) is 92.4 cm³/mol. The number of aryl methyl sites for hydroxylation is 2. The summed E-state index contributed by atoms with van der Waals surface area (Å²) < 4.78 is 16.2. The molecule has 0 radical (unpaired) electrons. The molecule has 2 heterocycles. The van der Waals surface area contributed by atoms with E-state index in [4.69, 9.17) is 13.7 Å². The van der Waals surface area contributed by atoms with Gasteiger partial charge in [0.05, 0.1) is 0 Å². The lowest BCUT2D eigenvalue weighted by molar-refractivity contribution is 0.0901. The van der Waals surface area contributed by atoms with E-state index in [0.29, 0.717) is 25.5 Å². The van der Waals surface area contributed by atoms with Crippen LogP contribution in [0.15, 0.2) is 27.1 Å². The van der Waals surface area contributed by atoms with Gasteiger partial charge in [-0.1, -0.05) is 23.4 Å². The van der Waals surface area contributed by atoms with Gasteiger partial charge < -0.3 is 19.0 Å². The lowest BCUT2D eigenvalue weighted by atomic mass is 10.1. The molecule has 0 aliphatic heterocycles. The molecule has 0 unspecified atom stereocenters. The third-order valence-electron chi connectivity index (χ3n) is 3.94. The highest BCUT2D eigenvalue weighted by atomic mass is 16.5. The number of rotatable bonds is 7. The second-order valence-corrected chi connectivity index (χ2v) is 5.74. The number of fused-ring (bicyclic) bond motifs is 1. The molecule has 1 aromatic carbocycles. The average Bonchev–Trinajstić information content (AvgIpc) is 3.21. The lowest BCUT2D eigenvalue weighted by Crippen LogP contribution is -2.25. The third-order valence-corrected chi connectivity index (χ3v) is 3.94. The van der Waals surface area contributed by atoms with Gasteiger partial charge in [-0.15, -0.1) is 0 Å². The molecule has 0 atom stereocenters. The molecule has 0 saturated carbocycles. The monoisotopic (exact) mass is 343 g/mol. The van der Waals surface area contributed by atoms with Crippen molar-refractivity contribution in [1.29, 1.82) is 0 Å². The first kappa shape index (κ1) is 17.2. The van der Waals surface area contributed by atoms with Crippen molar-refractivity contribution < 1.29 is 18.5 Å². The van der Waals surface area contributed by atoms with Gasteiger partial charge in [-0.25, -0.2) is 0 Å². The molecule has 0 spiro atoms. The largest absolute Gasteiger partial charge is 0.452 e. The highest BCUT2D eigenvalue weighted by Crippen LogP contribution is 2.32. The number of nitrogens with one attached hydrogen (secondary N) is 1. The Morgan fingerprint density at radius 2 is 2.16 bits per heavy atom. The highest BCUT2D eigenvalue weighted by Gasteiger charge is 2.21. The molecule has 1 amide bonds. The van der Waals surface area contributed by atoms with Crippen molar-refractivity contribution in [2.45, 2.75) is 27.2 Å². The summed E-state index contributed by atoms with van der Waals surface area (Å²) in [6.07, 6.45) is 0.725. The molecule has 7 heteroatoms. The average molecular weight is 343 g/mol. The quantitative estimate of drug-likeness (QED) is 0.662. The van der Waals surface area contributed by atoms with Crippen molar-refractivity contribution >= 4 is 16.9 Å². The number of amides is 1. The fourth-order valence-electron chi connectivity index (χ4n) is 2.60. The molecule has 132 valence electrons. The van der Waals surface area contributed by atoms with Crippen LogP contribution in [0.4, 0.5) is 0 Å². The van der Waals surface area contributed by atoms with Crippen molar-refractivity contribution in [3.8, 4) is 11.6 Å². The van der Waals surface area contributed by atoms with E-state index >= 15 is 0 Å². The SMILES string of the molecule is CCOCCCNC(=O)c1nc(-c2oc3c(C)cccc3c2C)no1. The van der Waals surface area contributed by atoms with Crippen molar-refractivity contribution in [3.05, 3.63) is 35.2 Å². The van der Waals surface area contributed by atoms with Crippen molar-refractivity contribution in [2.24, 2.45) is 0 Å². The van der Waals surface area contributed by atoms with Crippen LogP contribution in [-0.2, 0) is 4.74 Å². The number of hydrogen-bond donors (Lipinski definition) is 1. The van der Waals surface area contributed by atoms with Crippen LogP contribution in [0.3, 0.4) is 0 Å². The summed E-state index contributed by atoms with van der Waals surface area (Å²) in [5, 5.41) is 7.61. The second-order valence-electron chi connectivity index (χ2n) is 5.74. The minimum absolute atomic E-state index is 0.0806. The van der Waals surface area contributed by atoms with Crippen LogP contribution in [0.1, 0.15) is 35.2 Å². The minimum atomic E-state index is -0.403. The Bertz CT molecular complexity index is 882. The van der Waals surface area contributed by atoms with Gasteiger partial charge in [-0.2, -0.15) is 4.98 Å². The summed E-state index contributed by atoms with van der Waals surface area (Å²) >= 11 is 0. The van der Waals surface area contributed by atoms with E-state index in [0.717, 1.165) is 28.5 Å². The summed E-state index contributed by atoms with van der Waals surface area (Å²) in [4.78, 5) is 16.2. The first-order valence-corrected chi connectivity index (χ1v) is 8.30. The van der Waals surface area contributed by atoms with Gasteiger partial charge in [0.1, 0.15) is 5.58 Å². The van der Waals surface area contributed by atoms with Crippen LogP contribution >= 0.6 is 0 Å². The molecule has 1 N–H and O–H groups in total. The van der Waals surface area contributed by atoms with Gasteiger partial charge in [-0.3, -0.25) is 4.79 Å². The summed E-state index contributed by atoms with van der Waals surface area (Å²) in [5.41, 5.74) is 2.74. The van der Waals surface area contributed by atoms with Crippen molar-refractivity contribution in [1.82, 2.24) is 15.5 Å². The number of carbonyl (C=O) groups excluding carboxylic acids is 1. The molecule has 25 heavy (non-hydrogen) atoms. The molecular formula is C18H21N3O4. The third kappa shape index (κ3) is 3.56. The van der Waals surface area contributed by atoms with Gasteiger partial charge >= 0.3 is 11.8 Å². The van der Waals surface area contributed by atoms with Crippen LogP contribution in [0.2, 0.25) is 0 Å². The molecular weight excluding hydrogens is 322 g/mol. The highest BCUT2D eigenvalue weighted by molar-refractivity contribution is 5.91. The Balaban J connectivity index is 1.74. The number of furan rings is 1. The summed E-state index contributed by atoms with van der Waals surface area (Å²) in [6.45, 7) is 7.59. The van der Waals surface area contributed by atoms with Crippen LogP contribution in [-0.4, -0.2) is 35.8 Å². The van der Waals surface area contributed by atoms with E-state index < -0.39 is 5.91 Å². The van der Waals surface area contributed by atoms with Gasteiger partial charge in [0, 0.05) is 30.7 Å². The number of hydrogen-bond acceptors (Lipinski definition) is 6. The molecule has 0 fully saturated rings. The summed E-state index contributed by atoms with van der Waals surface area (Å²) in [6, 6.07) is 5.93. The second kappa shape index (κ2) is 7.48. The van der Waals surface area contributed by atoms with Gasteiger partial charge in [0.2, 0.25) is 5.82 Å². The zero-order valence-corrected chi connectivity index (χ0v) is 14.6. The molecule has 3 aromatic rings. The molecule has 3 rings (SSSR count). The molecule has 0 aliphatic rings. The predicted octanol–water partition coefficient (Wildman–Crippen LogP) is 3.26. The first-order chi connectivity index (χ1) is 12.1. The molecule has 0 aliphatic carbocycles. The Morgan fingerprint density at radius 3 is 2.92 bits per heavy atom. The number of nitrogens with zero attached hydrogens (tertiary/aromatic N) is 2. The number of ether oxygens (including phenoxy) is 1. The first-order valence-electron chi connectivity index (χ1n) is 8.30. The summed E-state index contributed by atoms with van der Waals surface area (Å²) in [7, 11) is 0. The van der Waals surface area contributed by atoms with Crippen LogP contribution < -0.4 is 5.32 Å². The van der Waals surface area contributed by atoms with E-state index in [1.165, 1.54) is 0 Å². The number of aromatic nitrogens is 2. The van der Waals surface area contributed by atoms with E-state index in [1.54, 1.807) is 0 Å². The smallest absolute Gasteiger partial charge is 0.316 e. The summed E-state index contributed by atoms with van der Waals surface area (Å²) in [5.74, 6) is 0.305. The Labute approximate surface area is 145 Å². The zero-order chi connectivity index (χ0) is 17.8. The maximum absolute atomic E-state index is 12.1. The van der Waals surface area contributed by atoms with Crippen molar-refractivity contribution in [3.63, 3.8) is 0 Å². The van der Waals surface area contributed by atoms with E-state index in [2.05, 4.69) is 15.5 Å². The van der Waals surface area contributed by atoms with E-state index in [9.17, 15) is 4.79 Å². The Morgan fingerprint density at radius 1 is 1.32 bits per heavy atom. The number of carbonyl (C=O) groups is 1. The molecule has 2 aromatic heterocycles. The normalized spacial score (nSPS) is 11.2. The van der Waals surface area contributed by atoms with Gasteiger partial charge in [-0.05, 0) is 32.8 Å². The van der Waals surface area contributed by atoms with E-state index in [-0.39, 0.29) is 11.7 Å². The molecule has 0 bridgehead atoms. The zero-order valence-electron chi connectivity index (χ0n) is 14.6. The fraction of sp³-hybridized carbons (Fsp3) is 0.389. The van der Waals surface area contributed by atoms with Crippen LogP contribution in [0, 0.1) is 13.8 Å². The van der Waals surface area contributed by atoms with Crippen molar-refractivity contribution in [2.75, 3.05) is 19.8 Å².